The number of anilines is 2. The average molecular weight is 222 g/mol. The van der Waals surface area contributed by atoms with Crippen molar-refractivity contribution in [3.05, 3.63) is 42.0 Å². The molecule has 0 aliphatic carbocycles. The molecule has 1 aromatic carbocycles. The van der Waals surface area contributed by atoms with Gasteiger partial charge in [-0.25, -0.2) is 14.2 Å². The SMILES string of the molecule is O=C(O)c1cnc(Nc2cccc(F)c2)o1. The Morgan fingerprint density at radius 2 is 2.31 bits per heavy atom. The van der Waals surface area contributed by atoms with Crippen molar-refractivity contribution in [3.8, 4) is 0 Å². The Labute approximate surface area is 89.5 Å². The molecule has 0 saturated heterocycles. The second kappa shape index (κ2) is 4.01. The second-order valence-corrected chi connectivity index (χ2v) is 2.97. The Morgan fingerprint density at radius 3 is 2.94 bits per heavy atom. The first-order chi connectivity index (χ1) is 7.65. The highest BCUT2D eigenvalue weighted by molar-refractivity contribution is 5.84. The molecule has 0 unspecified atom stereocenters. The minimum absolute atomic E-state index is 0.00278. The van der Waals surface area contributed by atoms with Gasteiger partial charge in [0.2, 0.25) is 5.76 Å². The third kappa shape index (κ3) is 2.17. The van der Waals surface area contributed by atoms with Crippen molar-refractivity contribution in [1.29, 1.82) is 0 Å². The number of halogens is 1. The van der Waals surface area contributed by atoms with Crippen molar-refractivity contribution in [3.63, 3.8) is 0 Å². The summed E-state index contributed by atoms with van der Waals surface area (Å²) in [6.45, 7) is 0. The Bertz CT molecular complexity index is 524. The molecule has 0 aliphatic heterocycles. The number of benzene rings is 1. The summed E-state index contributed by atoms with van der Waals surface area (Å²) >= 11 is 0. The number of nitrogens with one attached hydrogen (secondary N) is 1. The first-order valence-corrected chi connectivity index (χ1v) is 4.37. The third-order valence-corrected chi connectivity index (χ3v) is 1.79. The van der Waals surface area contributed by atoms with Gasteiger partial charge in [-0.2, -0.15) is 0 Å². The summed E-state index contributed by atoms with van der Waals surface area (Å²) in [6, 6.07) is 5.66. The van der Waals surface area contributed by atoms with Gasteiger partial charge in [-0.05, 0) is 18.2 Å². The van der Waals surface area contributed by atoms with Crippen LogP contribution in [0.4, 0.5) is 16.1 Å². The Hall–Kier alpha value is -2.37. The summed E-state index contributed by atoms with van der Waals surface area (Å²) in [5.41, 5.74) is 0.429. The van der Waals surface area contributed by atoms with Crippen molar-refractivity contribution < 1.29 is 18.7 Å². The summed E-state index contributed by atoms with van der Waals surface area (Å²) in [7, 11) is 0. The number of rotatable bonds is 3. The lowest BCUT2D eigenvalue weighted by atomic mass is 10.3. The maximum atomic E-state index is 12.8. The molecule has 2 N–H and O–H groups in total. The second-order valence-electron chi connectivity index (χ2n) is 2.97. The van der Waals surface area contributed by atoms with E-state index in [1.165, 1.54) is 18.2 Å². The van der Waals surface area contributed by atoms with Crippen molar-refractivity contribution in [2.24, 2.45) is 0 Å². The number of hydrogen-bond acceptors (Lipinski definition) is 4. The van der Waals surface area contributed by atoms with Crippen molar-refractivity contribution in [2.75, 3.05) is 5.32 Å². The molecule has 0 atom stereocenters. The molecule has 16 heavy (non-hydrogen) atoms. The molecule has 0 radical (unpaired) electrons. The standard InChI is InChI=1S/C10H7FN2O3/c11-6-2-1-3-7(4-6)13-10-12-5-8(16-10)9(14)15/h1-5H,(H,12,13)(H,14,15). The molecule has 0 aliphatic rings. The maximum absolute atomic E-state index is 12.8. The first kappa shape index (κ1) is 10.2. The molecule has 0 amide bonds. The van der Waals surface area contributed by atoms with E-state index in [0.29, 0.717) is 5.69 Å². The topological polar surface area (TPSA) is 75.4 Å². The van der Waals surface area contributed by atoms with Crippen LogP contribution in [0.5, 0.6) is 0 Å². The number of carboxylic acid groups (broad SMARTS) is 1. The van der Waals surface area contributed by atoms with E-state index in [1.807, 2.05) is 0 Å². The lowest BCUT2D eigenvalue weighted by Gasteiger charge is -2.00. The van der Waals surface area contributed by atoms with Crippen molar-refractivity contribution in [2.45, 2.75) is 0 Å². The smallest absolute Gasteiger partial charge is 0.373 e. The molecule has 1 aromatic heterocycles. The minimum Gasteiger partial charge on any atom is -0.475 e. The van der Waals surface area contributed by atoms with Gasteiger partial charge in [0.15, 0.2) is 0 Å². The van der Waals surface area contributed by atoms with Gasteiger partial charge in [0.25, 0.3) is 6.01 Å². The van der Waals surface area contributed by atoms with Crippen LogP contribution in [0.2, 0.25) is 0 Å². The van der Waals surface area contributed by atoms with Gasteiger partial charge >= 0.3 is 5.97 Å². The molecular weight excluding hydrogens is 215 g/mol. The van der Waals surface area contributed by atoms with E-state index >= 15 is 0 Å². The van der Waals surface area contributed by atoms with Crippen LogP contribution in [0, 0.1) is 5.82 Å². The van der Waals surface area contributed by atoms with Gasteiger partial charge in [-0.15, -0.1) is 0 Å². The highest BCUT2D eigenvalue weighted by Gasteiger charge is 2.10. The summed E-state index contributed by atoms with van der Waals surface area (Å²) < 4.78 is 17.7. The Balaban J connectivity index is 2.17. The summed E-state index contributed by atoms with van der Waals surface area (Å²) in [4.78, 5) is 14.2. The van der Waals surface area contributed by atoms with Gasteiger partial charge in [-0.3, -0.25) is 0 Å². The molecule has 0 spiro atoms. The van der Waals surface area contributed by atoms with Gasteiger partial charge in [0.05, 0.1) is 6.20 Å². The molecule has 5 nitrogen and oxygen atoms in total. The fourth-order valence-electron chi connectivity index (χ4n) is 1.12. The molecule has 0 saturated carbocycles. The van der Waals surface area contributed by atoms with Crippen molar-refractivity contribution in [1.82, 2.24) is 4.98 Å². The molecule has 82 valence electrons. The largest absolute Gasteiger partial charge is 0.475 e. The number of carboxylic acids is 1. The highest BCUT2D eigenvalue weighted by Crippen LogP contribution is 2.17. The van der Waals surface area contributed by atoms with Crippen LogP contribution < -0.4 is 5.32 Å². The number of hydrogen-bond donors (Lipinski definition) is 2. The van der Waals surface area contributed by atoms with Crippen LogP contribution in [0.15, 0.2) is 34.9 Å². The summed E-state index contributed by atoms with van der Waals surface area (Å²) in [5.74, 6) is -1.89. The number of nitrogens with zero attached hydrogens (tertiary/aromatic N) is 1. The van der Waals surface area contributed by atoms with Crippen LogP contribution in [0.1, 0.15) is 10.6 Å². The van der Waals surface area contributed by atoms with Crippen LogP contribution in [-0.4, -0.2) is 16.1 Å². The predicted octanol–water partition coefficient (Wildman–Crippen LogP) is 2.26. The zero-order valence-corrected chi connectivity index (χ0v) is 7.98. The molecule has 0 fully saturated rings. The van der Waals surface area contributed by atoms with E-state index in [9.17, 15) is 9.18 Å². The minimum atomic E-state index is -1.21. The quantitative estimate of drug-likeness (QED) is 0.832. The lowest BCUT2D eigenvalue weighted by Crippen LogP contribution is -1.92. The van der Waals surface area contributed by atoms with E-state index in [1.54, 1.807) is 6.07 Å². The Kier molecular flexibility index (Phi) is 2.55. The molecule has 0 bridgehead atoms. The molecular formula is C10H7FN2O3. The van der Waals surface area contributed by atoms with E-state index in [0.717, 1.165) is 6.20 Å². The van der Waals surface area contributed by atoms with Gasteiger partial charge in [-0.1, -0.05) is 6.07 Å². The molecule has 2 rings (SSSR count). The van der Waals surface area contributed by atoms with Gasteiger partial charge in [0, 0.05) is 5.69 Å². The zero-order chi connectivity index (χ0) is 11.5. The van der Waals surface area contributed by atoms with Crippen LogP contribution in [0.3, 0.4) is 0 Å². The number of aromatic carboxylic acids is 1. The number of aromatic nitrogens is 1. The lowest BCUT2D eigenvalue weighted by molar-refractivity contribution is 0.0663. The summed E-state index contributed by atoms with van der Waals surface area (Å²) in [6.07, 6.45) is 1.07. The summed E-state index contributed by atoms with van der Waals surface area (Å²) in [5, 5.41) is 11.2. The number of carbonyl (C=O) groups is 1. The average Bonchev–Trinajstić information content (AvgIpc) is 2.66. The van der Waals surface area contributed by atoms with Gasteiger partial charge < -0.3 is 14.8 Å². The molecule has 2 aromatic rings. The Morgan fingerprint density at radius 1 is 1.50 bits per heavy atom. The molecule has 1 heterocycles. The normalized spacial score (nSPS) is 10.1. The van der Waals surface area contributed by atoms with Crippen molar-refractivity contribution >= 4 is 17.7 Å². The fourth-order valence-corrected chi connectivity index (χ4v) is 1.12. The third-order valence-electron chi connectivity index (χ3n) is 1.79. The van der Waals surface area contributed by atoms with Crippen LogP contribution in [-0.2, 0) is 0 Å². The first-order valence-electron chi connectivity index (χ1n) is 4.37. The maximum Gasteiger partial charge on any atom is 0.373 e. The van der Waals surface area contributed by atoms with Crippen LogP contribution in [0.25, 0.3) is 0 Å². The van der Waals surface area contributed by atoms with E-state index in [-0.39, 0.29) is 11.8 Å². The highest BCUT2D eigenvalue weighted by atomic mass is 19.1. The monoisotopic (exact) mass is 222 g/mol. The number of oxazole rings is 1. The molecule has 6 heteroatoms. The predicted molar refractivity (Wildman–Crippen MR) is 53.1 cm³/mol. The van der Waals surface area contributed by atoms with E-state index in [2.05, 4.69) is 10.3 Å². The zero-order valence-electron chi connectivity index (χ0n) is 7.98. The van der Waals surface area contributed by atoms with Crippen LogP contribution >= 0.6 is 0 Å². The fraction of sp³-hybridized carbons (Fsp3) is 0. The van der Waals surface area contributed by atoms with E-state index < -0.39 is 11.8 Å². The van der Waals surface area contributed by atoms with E-state index in [4.69, 9.17) is 9.52 Å². The van der Waals surface area contributed by atoms with Gasteiger partial charge in [0.1, 0.15) is 5.82 Å².